The summed E-state index contributed by atoms with van der Waals surface area (Å²) in [4.78, 5) is 35.9. The number of hydrogen-bond acceptors (Lipinski definition) is 8. The molecule has 2 N–H and O–H groups in total. The number of carbonyl (C=O) groups excluding carboxylic acids is 1. The molecule has 248 valence electrons. The summed E-state index contributed by atoms with van der Waals surface area (Å²) in [7, 11) is 3.53. The van der Waals surface area contributed by atoms with E-state index >= 15 is 0 Å². The molecule has 0 unspecified atom stereocenters. The molecule has 7 rings (SSSR count). The summed E-state index contributed by atoms with van der Waals surface area (Å²) in [6.45, 7) is 2.95. The molecule has 2 saturated carbocycles. The number of nitrogens with zero attached hydrogens (tertiary/aromatic N) is 3. The van der Waals surface area contributed by atoms with E-state index in [1.807, 2.05) is 29.0 Å². The zero-order valence-electron chi connectivity index (χ0n) is 27.3. The number of nitrogens with one attached hydrogen (secondary N) is 1. The van der Waals surface area contributed by atoms with Crippen LogP contribution >= 0.6 is 0 Å². The van der Waals surface area contributed by atoms with Crippen molar-refractivity contribution in [1.82, 2.24) is 9.88 Å². The second kappa shape index (κ2) is 13.1. The molecule has 2 aliphatic carbocycles. The van der Waals surface area contributed by atoms with Crippen molar-refractivity contribution in [2.24, 2.45) is 0 Å². The smallest absolute Gasteiger partial charge is 0.325 e. The van der Waals surface area contributed by atoms with Crippen LogP contribution in [0.1, 0.15) is 92.6 Å². The Morgan fingerprint density at radius 2 is 2.02 bits per heavy atom. The van der Waals surface area contributed by atoms with Crippen molar-refractivity contribution in [2.75, 3.05) is 50.7 Å². The molecule has 46 heavy (non-hydrogen) atoms. The van der Waals surface area contributed by atoms with Gasteiger partial charge in [-0.25, -0.2) is 4.98 Å². The topological polar surface area (TPSA) is 113 Å². The van der Waals surface area contributed by atoms with Gasteiger partial charge in [-0.1, -0.05) is 6.07 Å². The van der Waals surface area contributed by atoms with Crippen LogP contribution < -0.4 is 15.0 Å². The van der Waals surface area contributed by atoms with E-state index in [1.165, 1.54) is 12.0 Å². The molecule has 10 heteroatoms. The van der Waals surface area contributed by atoms with E-state index in [4.69, 9.17) is 19.2 Å². The Morgan fingerprint density at radius 3 is 2.78 bits per heavy atom. The molecular weight excluding hydrogens is 584 g/mol. The van der Waals surface area contributed by atoms with Crippen molar-refractivity contribution in [3.63, 3.8) is 0 Å². The number of carbonyl (C=O) groups is 2. The monoisotopic (exact) mass is 632 g/mol. The lowest BCUT2D eigenvalue weighted by atomic mass is 9.88. The molecule has 3 fully saturated rings. The van der Waals surface area contributed by atoms with Crippen LogP contribution in [0, 0.1) is 0 Å². The zero-order valence-corrected chi connectivity index (χ0v) is 27.3. The van der Waals surface area contributed by atoms with E-state index < -0.39 is 17.4 Å². The van der Waals surface area contributed by atoms with Crippen molar-refractivity contribution >= 4 is 23.4 Å². The molecule has 1 spiro atoms. The van der Waals surface area contributed by atoms with Gasteiger partial charge in [-0.2, -0.15) is 0 Å². The highest BCUT2D eigenvalue weighted by atomic mass is 16.5. The van der Waals surface area contributed by atoms with Crippen LogP contribution in [-0.4, -0.2) is 85.6 Å². The van der Waals surface area contributed by atoms with Crippen LogP contribution in [0.3, 0.4) is 0 Å². The third-order valence-electron chi connectivity index (χ3n) is 11.0. The fraction of sp³-hybridized carbons (Fsp3) is 0.639. The minimum atomic E-state index is -0.902. The third kappa shape index (κ3) is 5.88. The molecule has 1 amide bonds. The molecule has 1 saturated heterocycles. The van der Waals surface area contributed by atoms with Crippen LogP contribution in [-0.2, 0) is 37.3 Å². The Kier molecular flexibility index (Phi) is 8.96. The summed E-state index contributed by atoms with van der Waals surface area (Å²) in [5.41, 5.74) is 4.26. The third-order valence-corrected chi connectivity index (χ3v) is 11.0. The van der Waals surface area contributed by atoms with Crippen molar-refractivity contribution in [1.29, 1.82) is 0 Å². The van der Waals surface area contributed by atoms with Crippen LogP contribution in [0.25, 0.3) is 0 Å². The van der Waals surface area contributed by atoms with Crippen LogP contribution in [0.5, 0.6) is 5.75 Å². The fourth-order valence-corrected chi connectivity index (χ4v) is 8.35. The van der Waals surface area contributed by atoms with Gasteiger partial charge in [0.05, 0.1) is 24.3 Å². The Bertz CT molecular complexity index is 1450. The standard InChI is InChI=1S/C36H48N4O6/c1-39(26-10-11-27(20-26)46-17-4-3-7-24-9-8-23-6-5-16-37-33(23)38-24)32(34(41)42)29-21-28(44-2)22-30-31(29)36(14-15-36)35(43)40(30)25-12-18-45-19-13-25/h8-9,21-22,25-27,32H,3-7,10-20H2,1-2H3,(H,37,38)(H,41,42)/t26-,27-,32+/m0/s1. The number of anilines is 2. The molecule has 1 aromatic heterocycles. The Morgan fingerprint density at radius 1 is 1.20 bits per heavy atom. The van der Waals surface area contributed by atoms with Crippen LogP contribution in [0.4, 0.5) is 11.5 Å². The van der Waals surface area contributed by atoms with E-state index in [2.05, 4.69) is 17.4 Å². The number of methoxy groups -OCH3 is 1. The molecular formula is C36H48N4O6. The predicted molar refractivity (Wildman–Crippen MR) is 175 cm³/mol. The normalized spacial score (nSPS) is 24.2. The number of hydrogen-bond donors (Lipinski definition) is 2. The van der Waals surface area contributed by atoms with Gasteiger partial charge < -0.3 is 29.5 Å². The first-order chi connectivity index (χ1) is 22.4. The van der Waals surface area contributed by atoms with Crippen molar-refractivity contribution in [3.05, 3.63) is 46.6 Å². The lowest BCUT2D eigenvalue weighted by Crippen LogP contribution is -2.43. The number of rotatable bonds is 12. The number of likely N-dealkylation sites (N-methyl/N-ethyl adjacent to an activating group) is 1. The number of ether oxygens (including phenoxy) is 3. The fourth-order valence-electron chi connectivity index (χ4n) is 8.35. The first kappa shape index (κ1) is 31.4. The minimum absolute atomic E-state index is 0.0555. The number of carboxylic acids is 1. The average Bonchev–Trinajstić information content (AvgIpc) is 3.66. The van der Waals surface area contributed by atoms with Crippen LogP contribution in [0.2, 0.25) is 0 Å². The maximum absolute atomic E-state index is 14.0. The molecule has 0 bridgehead atoms. The van der Waals surface area contributed by atoms with E-state index in [9.17, 15) is 14.7 Å². The maximum Gasteiger partial charge on any atom is 0.325 e. The number of aromatic nitrogens is 1. The van der Waals surface area contributed by atoms with Gasteiger partial charge in [0.25, 0.3) is 0 Å². The van der Waals surface area contributed by atoms with Crippen molar-refractivity contribution < 1.29 is 28.9 Å². The van der Waals surface area contributed by atoms with Gasteiger partial charge in [0.1, 0.15) is 17.6 Å². The molecule has 2 aromatic rings. The van der Waals surface area contributed by atoms with Gasteiger partial charge in [-0.15, -0.1) is 0 Å². The summed E-state index contributed by atoms with van der Waals surface area (Å²) in [5, 5.41) is 14.1. The molecule has 4 heterocycles. The van der Waals surface area contributed by atoms with Crippen molar-refractivity contribution in [2.45, 2.75) is 107 Å². The van der Waals surface area contributed by atoms with E-state index in [-0.39, 0.29) is 24.1 Å². The molecule has 3 aliphatic heterocycles. The summed E-state index contributed by atoms with van der Waals surface area (Å²) >= 11 is 0. The lowest BCUT2D eigenvalue weighted by Gasteiger charge is -2.33. The largest absolute Gasteiger partial charge is 0.497 e. The number of aliphatic carboxylic acids is 1. The molecule has 0 radical (unpaired) electrons. The predicted octanol–water partition coefficient (Wildman–Crippen LogP) is 5.02. The second-order valence-corrected chi connectivity index (χ2v) is 13.9. The van der Waals surface area contributed by atoms with Gasteiger partial charge in [-0.3, -0.25) is 14.5 Å². The Hall–Kier alpha value is -3.21. The molecule has 5 aliphatic rings. The van der Waals surface area contributed by atoms with E-state index in [1.54, 1.807) is 7.11 Å². The number of fused-ring (bicyclic) bond motifs is 3. The Labute approximate surface area is 271 Å². The van der Waals surface area contributed by atoms with Gasteiger partial charge in [-0.05, 0) is 113 Å². The highest BCUT2D eigenvalue weighted by Crippen LogP contribution is 2.61. The lowest BCUT2D eigenvalue weighted by molar-refractivity contribution is -0.144. The molecule has 1 aromatic carbocycles. The quantitative estimate of drug-likeness (QED) is 0.311. The minimum Gasteiger partial charge on any atom is -0.497 e. The second-order valence-electron chi connectivity index (χ2n) is 13.9. The van der Waals surface area contributed by atoms with Crippen LogP contribution in [0.15, 0.2) is 24.3 Å². The SMILES string of the molecule is COc1cc([C@H](C(=O)O)N(C)[C@H]2CC[C@H](OCCCCc3ccc4c(n3)NCCC4)C2)c2c(c1)N(C1CCOCC1)C(=O)C21CC1. The maximum atomic E-state index is 14.0. The van der Waals surface area contributed by atoms with E-state index in [0.717, 1.165) is 99.9 Å². The average molecular weight is 633 g/mol. The van der Waals surface area contributed by atoms with Gasteiger partial charge in [0.2, 0.25) is 5.91 Å². The highest BCUT2D eigenvalue weighted by molar-refractivity contribution is 6.11. The summed E-state index contributed by atoms with van der Waals surface area (Å²) in [5.74, 6) is 0.853. The van der Waals surface area contributed by atoms with Crippen molar-refractivity contribution in [3.8, 4) is 5.75 Å². The number of unbranched alkanes of at least 4 members (excludes halogenated alkanes) is 1. The number of aryl methyl sites for hydroxylation is 2. The first-order valence-electron chi connectivity index (χ1n) is 17.3. The first-order valence-corrected chi connectivity index (χ1v) is 17.3. The summed E-state index contributed by atoms with van der Waals surface area (Å²) in [6, 6.07) is 7.42. The molecule has 3 atom stereocenters. The summed E-state index contributed by atoms with van der Waals surface area (Å²) in [6.07, 6.45) is 11.0. The van der Waals surface area contributed by atoms with E-state index in [0.29, 0.717) is 31.1 Å². The number of carboxylic acid groups (broad SMARTS) is 1. The zero-order chi connectivity index (χ0) is 31.8. The van der Waals surface area contributed by atoms with Gasteiger partial charge >= 0.3 is 5.97 Å². The van der Waals surface area contributed by atoms with Gasteiger partial charge in [0.15, 0.2) is 0 Å². The molecule has 10 nitrogen and oxygen atoms in total. The summed E-state index contributed by atoms with van der Waals surface area (Å²) < 4.78 is 17.6. The Balaban J connectivity index is 1.01. The number of benzene rings is 1. The number of pyridine rings is 1. The van der Waals surface area contributed by atoms with Gasteiger partial charge in [0, 0.05) is 50.2 Å². The number of amides is 1. The highest BCUT2D eigenvalue weighted by Gasteiger charge is 2.62.